The highest BCUT2D eigenvalue weighted by Crippen LogP contribution is 2.27. The molecule has 4 heterocycles. The predicted molar refractivity (Wildman–Crippen MR) is 98.2 cm³/mol. The number of nitrogens with zero attached hydrogens (tertiary/aromatic N) is 7. The molecule has 0 aliphatic carbocycles. The molecule has 8 heteroatoms. The van der Waals surface area contributed by atoms with Crippen molar-refractivity contribution >= 4 is 5.82 Å². The minimum absolute atomic E-state index is 0.385. The van der Waals surface area contributed by atoms with E-state index in [1.807, 2.05) is 16.8 Å². The number of likely N-dealkylation sites (tertiary alicyclic amines) is 1. The van der Waals surface area contributed by atoms with Crippen LogP contribution in [0.3, 0.4) is 0 Å². The van der Waals surface area contributed by atoms with E-state index < -0.39 is 0 Å². The normalized spacial score (nSPS) is 18.3. The molecule has 3 aromatic heterocycles. The van der Waals surface area contributed by atoms with Crippen LogP contribution in [0, 0.1) is 0 Å². The van der Waals surface area contributed by atoms with Gasteiger partial charge in [0.05, 0.1) is 12.9 Å². The van der Waals surface area contributed by atoms with E-state index in [-0.39, 0.29) is 0 Å². The fourth-order valence-corrected chi connectivity index (χ4v) is 3.65. The molecule has 1 aliphatic heterocycles. The molecule has 1 saturated heterocycles. The summed E-state index contributed by atoms with van der Waals surface area (Å²) in [7, 11) is 2.06. The molecule has 0 spiro atoms. The number of rotatable bonds is 5. The molecule has 0 bridgehead atoms. The smallest absolute Gasteiger partial charge is 0.152 e. The Morgan fingerprint density at radius 3 is 2.96 bits per heavy atom. The van der Waals surface area contributed by atoms with E-state index in [1.165, 1.54) is 0 Å². The molecule has 1 fully saturated rings. The lowest BCUT2D eigenvalue weighted by molar-refractivity contribution is 0.195. The molecule has 4 rings (SSSR count). The van der Waals surface area contributed by atoms with Gasteiger partial charge in [0.25, 0.3) is 0 Å². The summed E-state index contributed by atoms with van der Waals surface area (Å²) in [4.78, 5) is 10.7. The topological polar surface area (TPSA) is 90.7 Å². The van der Waals surface area contributed by atoms with Gasteiger partial charge in [-0.05, 0) is 25.5 Å². The number of aromatic nitrogens is 6. The van der Waals surface area contributed by atoms with Crippen LogP contribution in [0.2, 0.25) is 0 Å². The first-order valence-corrected chi connectivity index (χ1v) is 8.96. The lowest BCUT2D eigenvalue weighted by Gasteiger charge is -2.32. The number of pyridine rings is 1. The lowest BCUT2D eigenvalue weighted by Crippen LogP contribution is -2.35. The number of hydrogen-bond acceptors (Lipinski definition) is 6. The SMILES string of the molecule is Cn1c(Cn2ccnc2)nnc1C1CCCN(Cc2cccnc2N)C1. The number of imidazole rings is 1. The van der Waals surface area contributed by atoms with Crippen molar-refractivity contribution in [2.24, 2.45) is 7.05 Å². The van der Waals surface area contributed by atoms with E-state index in [2.05, 4.69) is 42.7 Å². The quantitative estimate of drug-likeness (QED) is 0.747. The Labute approximate surface area is 152 Å². The maximum atomic E-state index is 6.00. The van der Waals surface area contributed by atoms with Gasteiger partial charge < -0.3 is 14.9 Å². The van der Waals surface area contributed by atoms with Crippen molar-refractivity contribution < 1.29 is 0 Å². The van der Waals surface area contributed by atoms with E-state index in [4.69, 9.17) is 5.73 Å². The van der Waals surface area contributed by atoms with Crippen molar-refractivity contribution in [3.8, 4) is 0 Å². The van der Waals surface area contributed by atoms with E-state index in [0.29, 0.717) is 18.3 Å². The van der Waals surface area contributed by atoms with Crippen molar-refractivity contribution in [3.63, 3.8) is 0 Å². The second kappa shape index (κ2) is 7.25. The monoisotopic (exact) mass is 352 g/mol. The number of nitrogens with two attached hydrogens (primary N) is 1. The third-order valence-electron chi connectivity index (χ3n) is 5.07. The van der Waals surface area contributed by atoms with Crippen LogP contribution in [0.1, 0.15) is 36.0 Å². The highest BCUT2D eigenvalue weighted by molar-refractivity contribution is 5.38. The summed E-state index contributed by atoms with van der Waals surface area (Å²) in [6.45, 7) is 3.55. The molecule has 0 aromatic carbocycles. The van der Waals surface area contributed by atoms with Crippen LogP contribution >= 0.6 is 0 Å². The Balaban J connectivity index is 1.46. The summed E-state index contributed by atoms with van der Waals surface area (Å²) in [6, 6.07) is 4.00. The molecule has 136 valence electrons. The highest BCUT2D eigenvalue weighted by atomic mass is 15.3. The summed E-state index contributed by atoms with van der Waals surface area (Å²) >= 11 is 0. The molecular formula is C18H24N8. The molecule has 1 unspecified atom stereocenters. The van der Waals surface area contributed by atoms with Gasteiger partial charge in [-0.25, -0.2) is 9.97 Å². The van der Waals surface area contributed by atoms with Crippen LogP contribution in [0.25, 0.3) is 0 Å². The van der Waals surface area contributed by atoms with Gasteiger partial charge in [0.2, 0.25) is 0 Å². The summed E-state index contributed by atoms with van der Waals surface area (Å²) in [6.07, 6.45) is 9.54. The summed E-state index contributed by atoms with van der Waals surface area (Å²) in [5.41, 5.74) is 7.09. The number of piperidine rings is 1. The van der Waals surface area contributed by atoms with Gasteiger partial charge in [-0.2, -0.15) is 0 Å². The Bertz CT molecular complexity index is 854. The minimum Gasteiger partial charge on any atom is -0.383 e. The Morgan fingerprint density at radius 2 is 2.15 bits per heavy atom. The van der Waals surface area contributed by atoms with Gasteiger partial charge >= 0.3 is 0 Å². The van der Waals surface area contributed by atoms with Crippen LogP contribution < -0.4 is 5.73 Å². The summed E-state index contributed by atoms with van der Waals surface area (Å²) in [5, 5.41) is 8.90. The predicted octanol–water partition coefficient (Wildman–Crippen LogP) is 1.42. The maximum Gasteiger partial charge on any atom is 0.152 e. The second-order valence-electron chi connectivity index (χ2n) is 6.89. The van der Waals surface area contributed by atoms with E-state index >= 15 is 0 Å². The maximum absolute atomic E-state index is 6.00. The van der Waals surface area contributed by atoms with Crippen LogP contribution in [0.5, 0.6) is 0 Å². The first-order valence-electron chi connectivity index (χ1n) is 8.96. The highest BCUT2D eigenvalue weighted by Gasteiger charge is 2.26. The first-order chi connectivity index (χ1) is 12.7. The molecule has 26 heavy (non-hydrogen) atoms. The molecule has 0 radical (unpaired) electrons. The van der Waals surface area contributed by atoms with Crippen molar-refractivity contribution in [1.29, 1.82) is 0 Å². The molecular weight excluding hydrogens is 328 g/mol. The molecule has 2 N–H and O–H groups in total. The van der Waals surface area contributed by atoms with Crippen LogP contribution in [0.15, 0.2) is 37.1 Å². The van der Waals surface area contributed by atoms with Gasteiger partial charge in [-0.15, -0.1) is 10.2 Å². The third kappa shape index (κ3) is 3.45. The summed E-state index contributed by atoms with van der Waals surface area (Å²) < 4.78 is 4.14. The molecule has 0 amide bonds. The van der Waals surface area contributed by atoms with Crippen molar-refractivity contribution in [3.05, 3.63) is 54.3 Å². The van der Waals surface area contributed by atoms with Gasteiger partial charge in [0, 0.05) is 50.2 Å². The Kier molecular flexibility index (Phi) is 4.66. The van der Waals surface area contributed by atoms with E-state index in [0.717, 1.165) is 49.7 Å². The van der Waals surface area contributed by atoms with E-state index in [9.17, 15) is 0 Å². The van der Waals surface area contributed by atoms with Crippen LogP contribution in [-0.4, -0.2) is 47.3 Å². The van der Waals surface area contributed by atoms with Crippen molar-refractivity contribution in [1.82, 2.24) is 34.2 Å². The first kappa shape index (κ1) is 16.7. The van der Waals surface area contributed by atoms with Gasteiger partial charge in [0.15, 0.2) is 5.82 Å². The zero-order chi connectivity index (χ0) is 17.9. The standard InChI is InChI=1S/C18H24N8/c1-24-16(12-26-9-7-20-13-26)22-23-18(24)15-5-3-8-25(11-15)10-14-4-2-6-21-17(14)19/h2,4,6-7,9,13,15H,3,5,8,10-12H2,1H3,(H2,19,21). The average molecular weight is 352 g/mol. The van der Waals surface area contributed by atoms with Crippen molar-refractivity contribution in [2.75, 3.05) is 18.8 Å². The second-order valence-corrected chi connectivity index (χ2v) is 6.89. The summed E-state index contributed by atoms with van der Waals surface area (Å²) in [5.74, 6) is 3.02. The van der Waals surface area contributed by atoms with Crippen LogP contribution in [0.4, 0.5) is 5.82 Å². The van der Waals surface area contributed by atoms with Gasteiger partial charge in [0.1, 0.15) is 11.6 Å². The molecule has 1 atom stereocenters. The Hall–Kier alpha value is -2.74. The number of hydrogen-bond donors (Lipinski definition) is 1. The lowest BCUT2D eigenvalue weighted by atomic mass is 9.96. The average Bonchev–Trinajstić information content (AvgIpc) is 3.28. The largest absolute Gasteiger partial charge is 0.383 e. The zero-order valence-electron chi connectivity index (χ0n) is 15.0. The third-order valence-corrected chi connectivity index (χ3v) is 5.07. The number of nitrogen functional groups attached to an aromatic ring is 1. The van der Waals surface area contributed by atoms with Gasteiger partial charge in [-0.1, -0.05) is 6.07 Å². The zero-order valence-corrected chi connectivity index (χ0v) is 15.0. The molecule has 3 aromatic rings. The Morgan fingerprint density at radius 1 is 1.23 bits per heavy atom. The minimum atomic E-state index is 0.385. The fourth-order valence-electron chi connectivity index (χ4n) is 3.65. The molecule has 1 aliphatic rings. The molecule has 0 saturated carbocycles. The van der Waals surface area contributed by atoms with Crippen molar-refractivity contribution in [2.45, 2.75) is 31.8 Å². The molecule has 8 nitrogen and oxygen atoms in total. The fraction of sp³-hybridized carbons (Fsp3) is 0.444. The van der Waals surface area contributed by atoms with E-state index in [1.54, 1.807) is 18.7 Å². The van der Waals surface area contributed by atoms with Gasteiger partial charge in [-0.3, -0.25) is 4.90 Å². The van der Waals surface area contributed by atoms with Crippen LogP contribution in [-0.2, 0) is 20.1 Å². The number of anilines is 1.